The summed E-state index contributed by atoms with van der Waals surface area (Å²) < 4.78 is 40.0. The number of carbonyl (C=O) groups excluding carboxylic acids is 1. The Bertz CT molecular complexity index is 1090. The van der Waals surface area contributed by atoms with Crippen molar-refractivity contribution in [1.82, 2.24) is 9.55 Å². The molecule has 0 spiro atoms. The van der Waals surface area contributed by atoms with Gasteiger partial charge in [-0.25, -0.2) is 4.79 Å². The highest BCUT2D eigenvalue weighted by Crippen LogP contribution is 2.35. The van der Waals surface area contributed by atoms with Crippen molar-refractivity contribution in [2.45, 2.75) is 32.5 Å². The maximum atomic E-state index is 13.0. The number of amides is 1. The molecule has 30 heavy (non-hydrogen) atoms. The highest BCUT2D eigenvalue weighted by atomic mass is 35.5. The molecule has 0 aliphatic heterocycles. The number of nitrogens with one attached hydrogen (secondary N) is 1. The molecule has 0 saturated carbocycles. The number of carbonyl (C=O) groups is 1. The van der Waals surface area contributed by atoms with Gasteiger partial charge in [0.25, 0.3) is 11.5 Å². The molecule has 0 aliphatic carbocycles. The fraction of sp³-hybridized carbons (Fsp3) is 0.316. The average Bonchev–Trinajstić information content (AvgIpc) is 2.65. The number of halogens is 4. The fourth-order valence-corrected chi connectivity index (χ4v) is 2.92. The minimum Gasteiger partial charge on any atom is -0.383 e. The number of nitrogens with zero attached hydrogens (tertiary/aromatic N) is 2. The summed E-state index contributed by atoms with van der Waals surface area (Å²) in [4.78, 5) is 39.7. The minimum atomic E-state index is -4.64. The maximum absolute atomic E-state index is 13.0. The van der Waals surface area contributed by atoms with E-state index in [4.69, 9.17) is 17.3 Å². The minimum absolute atomic E-state index is 0.0864. The zero-order valence-corrected chi connectivity index (χ0v) is 17.0. The number of alkyl halides is 3. The van der Waals surface area contributed by atoms with Gasteiger partial charge < -0.3 is 10.6 Å². The van der Waals surface area contributed by atoms with Gasteiger partial charge in [-0.15, -0.1) is 0 Å². The molecule has 0 bridgehead atoms. The normalized spacial score (nSPS) is 11.8. The first kappa shape index (κ1) is 23.3. The topological polar surface area (TPSA) is 101 Å². The van der Waals surface area contributed by atoms with E-state index in [1.165, 1.54) is 13.1 Å². The lowest BCUT2D eigenvalue weighted by atomic mass is 10.1. The Morgan fingerprint density at radius 3 is 2.60 bits per heavy atom. The molecule has 2 aromatic rings. The van der Waals surface area contributed by atoms with Gasteiger partial charge in [-0.1, -0.05) is 31.0 Å². The molecule has 1 aromatic heterocycles. The van der Waals surface area contributed by atoms with E-state index in [9.17, 15) is 27.6 Å². The zero-order valence-electron chi connectivity index (χ0n) is 16.2. The number of aromatic nitrogens is 2. The number of nitrogens with two attached hydrogens (primary N) is 1. The van der Waals surface area contributed by atoms with E-state index in [1.807, 2.05) is 6.92 Å². The molecule has 0 aliphatic rings. The molecule has 0 radical (unpaired) electrons. The third-order valence-corrected chi connectivity index (χ3v) is 4.66. The zero-order chi connectivity index (χ0) is 22.6. The second-order valence-electron chi connectivity index (χ2n) is 6.47. The van der Waals surface area contributed by atoms with Gasteiger partial charge >= 0.3 is 11.9 Å². The predicted molar refractivity (Wildman–Crippen MR) is 110 cm³/mol. The van der Waals surface area contributed by atoms with Crippen molar-refractivity contribution in [3.63, 3.8) is 0 Å². The number of nitrogen functional groups attached to an aromatic ring is 1. The molecular weight excluding hydrogens is 425 g/mol. The summed E-state index contributed by atoms with van der Waals surface area (Å²) in [6, 6.07) is 3.19. The summed E-state index contributed by atoms with van der Waals surface area (Å²) >= 11 is 5.57. The van der Waals surface area contributed by atoms with Gasteiger partial charge in [-0.2, -0.15) is 13.2 Å². The van der Waals surface area contributed by atoms with Crippen LogP contribution in [0, 0.1) is 0 Å². The molecule has 1 amide bonds. The number of hydrogen-bond acceptors (Lipinski definition) is 4. The van der Waals surface area contributed by atoms with Crippen molar-refractivity contribution in [2.24, 2.45) is 0 Å². The van der Waals surface area contributed by atoms with E-state index in [0.29, 0.717) is 6.42 Å². The molecule has 0 fully saturated rings. The standard InChI is InChI=1S/C19H20ClF3N4O3/c1-3-4-9-27-16(24)15(17(29)25-18(27)30)26(2)14(28)8-6-11-5-7-13(20)12(10-11)19(21,22)23/h5-8,10H,3-4,9,24H2,1-2H3,(H,25,29,30)/b8-6+. The van der Waals surface area contributed by atoms with Gasteiger partial charge in [0.05, 0.1) is 10.6 Å². The van der Waals surface area contributed by atoms with E-state index in [1.54, 1.807) is 0 Å². The molecule has 3 N–H and O–H groups in total. The number of aromatic amines is 1. The first-order chi connectivity index (χ1) is 14.0. The van der Waals surface area contributed by atoms with Crippen molar-refractivity contribution in [3.05, 3.63) is 61.3 Å². The Morgan fingerprint density at radius 1 is 1.33 bits per heavy atom. The molecule has 7 nitrogen and oxygen atoms in total. The molecule has 0 unspecified atom stereocenters. The largest absolute Gasteiger partial charge is 0.417 e. The number of likely N-dealkylation sites (N-methyl/N-ethyl adjacent to an activating group) is 1. The summed E-state index contributed by atoms with van der Waals surface area (Å²) in [7, 11) is 1.27. The van der Waals surface area contributed by atoms with Crippen LogP contribution in [-0.2, 0) is 17.5 Å². The number of benzene rings is 1. The lowest BCUT2D eigenvalue weighted by Crippen LogP contribution is -2.38. The van der Waals surface area contributed by atoms with Gasteiger partial charge in [0.15, 0.2) is 5.69 Å². The molecule has 0 atom stereocenters. The van der Waals surface area contributed by atoms with Crippen LogP contribution in [0.15, 0.2) is 33.9 Å². The number of anilines is 2. The van der Waals surface area contributed by atoms with Crippen LogP contribution in [0.3, 0.4) is 0 Å². The van der Waals surface area contributed by atoms with Gasteiger partial charge in [-0.3, -0.25) is 19.1 Å². The maximum Gasteiger partial charge on any atom is 0.417 e. The van der Waals surface area contributed by atoms with E-state index < -0.39 is 33.9 Å². The molecule has 1 aromatic carbocycles. The van der Waals surface area contributed by atoms with Crippen molar-refractivity contribution in [1.29, 1.82) is 0 Å². The lowest BCUT2D eigenvalue weighted by Gasteiger charge is -2.19. The molecular formula is C19H20ClF3N4O3. The highest BCUT2D eigenvalue weighted by Gasteiger charge is 2.33. The van der Waals surface area contributed by atoms with Gasteiger partial charge in [0, 0.05) is 19.7 Å². The number of unbranched alkanes of at least 4 members (excludes halogenated alkanes) is 1. The monoisotopic (exact) mass is 444 g/mol. The first-order valence-electron chi connectivity index (χ1n) is 8.92. The highest BCUT2D eigenvalue weighted by molar-refractivity contribution is 6.31. The van der Waals surface area contributed by atoms with Crippen LogP contribution in [0.1, 0.15) is 30.9 Å². The summed E-state index contributed by atoms with van der Waals surface area (Å²) in [5.74, 6) is -0.899. The van der Waals surface area contributed by atoms with Crippen LogP contribution in [-0.4, -0.2) is 22.5 Å². The van der Waals surface area contributed by atoms with Crippen molar-refractivity contribution in [3.8, 4) is 0 Å². The SMILES string of the molecule is CCCCn1c(N)c(N(C)C(=O)/C=C/c2ccc(Cl)c(C(F)(F)F)c2)c(=O)[nH]c1=O. The second kappa shape index (κ2) is 9.21. The quantitative estimate of drug-likeness (QED) is 0.667. The molecule has 2 rings (SSSR count). The first-order valence-corrected chi connectivity index (χ1v) is 9.30. The van der Waals surface area contributed by atoms with E-state index >= 15 is 0 Å². The van der Waals surface area contributed by atoms with E-state index in [0.717, 1.165) is 40.2 Å². The van der Waals surface area contributed by atoms with Crippen LogP contribution < -0.4 is 21.9 Å². The summed E-state index contributed by atoms with van der Waals surface area (Å²) in [5, 5.41) is -0.461. The van der Waals surface area contributed by atoms with Crippen LogP contribution in [0.25, 0.3) is 6.08 Å². The molecule has 1 heterocycles. The van der Waals surface area contributed by atoms with Crippen molar-refractivity contribution in [2.75, 3.05) is 17.7 Å². The summed E-state index contributed by atoms with van der Waals surface area (Å²) in [5.41, 5.74) is 3.23. The molecule has 0 saturated heterocycles. The average molecular weight is 445 g/mol. The fourth-order valence-electron chi connectivity index (χ4n) is 2.69. The summed E-state index contributed by atoms with van der Waals surface area (Å²) in [6.45, 7) is 2.17. The van der Waals surface area contributed by atoms with Crippen LogP contribution >= 0.6 is 11.6 Å². The van der Waals surface area contributed by atoms with Crippen LogP contribution in [0.4, 0.5) is 24.7 Å². The number of rotatable bonds is 6. The van der Waals surface area contributed by atoms with Crippen molar-refractivity contribution >= 4 is 35.1 Å². The Labute approximate surface area is 174 Å². The van der Waals surface area contributed by atoms with E-state index in [-0.39, 0.29) is 23.6 Å². The summed E-state index contributed by atoms with van der Waals surface area (Å²) in [6.07, 6.45) is -1.09. The Balaban J connectivity index is 2.35. The third-order valence-electron chi connectivity index (χ3n) is 4.33. The Kier molecular flexibility index (Phi) is 7.14. The lowest BCUT2D eigenvalue weighted by molar-refractivity contribution is -0.137. The Morgan fingerprint density at radius 2 is 2.00 bits per heavy atom. The molecule has 11 heteroatoms. The van der Waals surface area contributed by atoms with Gasteiger partial charge in [0.1, 0.15) is 5.82 Å². The number of H-pyrrole nitrogens is 1. The van der Waals surface area contributed by atoms with Crippen LogP contribution in [0.5, 0.6) is 0 Å². The van der Waals surface area contributed by atoms with E-state index in [2.05, 4.69) is 4.98 Å². The van der Waals surface area contributed by atoms with Crippen LogP contribution in [0.2, 0.25) is 5.02 Å². The molecule has 162 valence electrons. The van der Waals surface area contributed by atoms with Crippen molar-refractivity contribution < 1.29 is 18.0 Å². The second-order valence-corrected chi connectivity index (χ2v) is 6.87. The predicted octanol–water partition coefficient (Wildman–Crippen LogP) is 3.27. The van der Waals surface area contributed by atoms with Gasteiger partial charge in [-0.05, 0) is 30.2 Å². The smallest absolute Gasteiger partial charge is 0.383 e. The third kappa shape index (κ3) is 5.12. The Hall–Kier alpha value is -3.01. The van der Waals surface area contributed by atoms with Gasteiger partial charge in [0.2, 0.25) is 0 Å². The number of hydrogen-bond donors (Lipinski definition) is 2.